The maximum absolute atomic E-state index is 11.6. The van der Waals surface area contributed by atoms with Gasteiger partial charge in [0.1, 0.15) is 11.8 Å². The highest BCUT2D eigenvalue weighted by Crippen LogP contribution is 2.32. The van der Waals surface area contributed by atoms with Gasteiger partial charge in [0.25, 0.3) is 5.91 Å². The fourth-order valence-corrected chi connectivity index (χ4v) is 2.79. The number of nitrogens with zero attached hydrogens (tertiary/aromatic N) is 1. The predicted molar refractivity (Wildman–Crippen MR) is 81.5 cm³/mol. The van der Waals surface area contributed by atoms with Crippen LogP contribution in [0.15, 0.2) is 29.6 Å². The van der Waals surface area contributed by atoms with Crippen LogP contribution in [0.3, 0.4) is 0 Å². The van der Waals surface area contributed by atoms with Crippen LogP contribution in [0.5, 0.6) is 5.75 Å². The van der Waals surface area contributed by atoms with Crippen LogP contribution in [0.2, 0.25) is 0 Å². The Morgan fingerprint density at radius 3 is 3.10 bits per heavy atom. The first-order valence-corrected chi connectivity index (χ1v) is 7.36. The molecule has 1 aromatic heterocycles. The van der Waals surface area contributed by atoms with E-state index in [4.69, 9.17) is 10.00 Å². The van der Waals surface area contributed by atoms with E-state index in [0.29, 0.717) is 23.5 Å². The third-order valence-corrected chi connectivity index (χ3v) is 4.10. The summed E-state index contributed by atoms with van der Waals surface area (Å²) in [5.74, 6) is 0.534. The second-order valence-corrected chi connectivity index (χ2v) is 5.72. The Bertz CT molecular complexity index is 733. The van der Waals surface area contributed by atoms with Gasteiger partial charge in [-0.2, -0.15) is 5.26 Å². The van der Waals surface area contributed by atoms with Crippen molar-refractivity contribution < 1.29 is 9.53 Å². The number of thiophene rings is 1. The lowest BCUT2D eigenvalue weighted by Gasteiger charge is -2.23. The van der Waals surface area contributed by atoms with Crippen LogP contribution in [0.25, 0.3) is 0 Å². The van der Waals surface area contributed by atoms with Gasteiger partial charge in [0, 0.05) is 22.5 Å². The van der Waals surface area contributed by atoms with Gasteiger partial charge in [-0.3, -0.25) is 4.79 Å². The zero-order chi connectivity index (χ0) is 14.8. The van der Waals surface area contributed by atoms with Crippen LogP contribution in [0.4, 0.5) is 11.4 Å². The summed E-state index contributed by atoms with van der Waals surface area (Å²) >= 11 is 1.54. The van der Waals surface area contributed by atoms with E-state index in [1.54, 1.807) is 18.3 Å². The second-order valence-electron chi connectivity index (χ2n) is 4.73. The van der Waals surface area contributed by atoms with Gasteiger partial charge < -0.3 is 15.4 Å². The number of rotatable bonds is 3. The van der Waals surface area contributed by atoms with E-state index in [1.165, 1.54) is 0 Å². The molecule has 21 heavy (non-hydrogen) atoms. The number of fused-ring (bicyclic) bond motifs is 1. The Kier molecular flexibility index (Phi) is 3.50. The van der Waals surface area contributed by atoms with Crippen molar-refractivity contribution in [2.24, 2.45) is 0 Å². The molecular weight excluding hydrogens is 286 g/mol. The van der Waals surface area contributed by atoms with Crippen molar-refractivity contribution in [2.45, 2.75) is 19.6 Å². The van der Waals surface area contributed by atoms with E-state index in [0.717, 1.165) is 10.6 Å². The number of carbonyl (C=O) groups is 1. The van der Waals surface area contributed by atoms with E-state index >= 15 is 0 Å². The van der Waals surface area contributed by atoms with Gasteiger partial charge in [-0.15, -0.1) is 11.3 Å². The van der Waals surface area contributed by atoms with E-state index in [9.17, 15) is 4.79 Å². The molecule has 1 unspecified atom stereocenters. The summed E-state index contributed by atoms with van der Waals surface area (Å²) in [4.78, 5) is 12.7. The minimum atomic E-state index is -0.466. The molecule has 106 valence electrons. The molecule has 1 atom stereocenters. The summed E-state index contributed by atoms with van der Waals surface area (Å²) < 4.78 is 5.51. The summed E-state index contributed by atoms with van der Waals surface area (Å²) in [6.45, 7) is 2.35. The minimum absolute atomic E-state index is 0.142. The molecule has 2 aromatic rings. The molecule has 1 aliphatic heterocycles. The van der Waals surface area contributed by atoms with Gasteiger partial charge >= 0.3 is 0 Å². The number of hydrogen-bond acceptors (Lipinski definition) is 5. The Balaban J connectivity index is 1.71. The van der Waals surface area contributed by atoms with E-state index in [2.05, 4.69) is 16.7 Å². The van der Waals surface area contributed by atoms with Gasteiger partial charge in [0.2, 0.25) is 0 Å². The standard InChI is InChI=1S/C15H13N3O2S/c1-9-15(19)18-13-5-11(2-3-14(13)20-9)17-7-12-4-10(6-16)8-21-12/h2-5,8-9,17H,7H2,1H3,(H,18,19). The lowest BCUT2D eigenvalue weighted by Crippen LogP contribution is -2.34. The quantitative estimate of drug-likeness (QED) is 0.913. The number of benzene rings is 1. The molecule has 1 aliphatic rings. The van der Waals surface area contributed by atoms with Crippen LogP contribution in [-0.4, -0.2) is 12.0 Å². The number of amides is 1. The lowest BCUT2D eigenvalue weighted by atomic mass is 10.2. The Morgan fingerprint density at radius 2 is 2.33 bits per heavy atom. The fraction of sp³-hybridized carbons (Fsp3) is 0.200. The Hall–Kier alpha value is -2.52. The highest BCUT2D eigenvalue weighted by Gasteiger charge is 2.23. The van der Waals surface area contributed by atoms with Crippen molar-refractivity contribution in [3.8, 4) is 11.8 Å². The summed E-state index contributed by atoms with van der Waals surface area (Å²) in [5, 5.41) is 16.7. The summed E-state index contributed by atoms with van der Waals surface area (Å²) in [6.07, 6.45) is -0.466. The first-order chi connectivity index (χ1) is 10.2. The first-order valence-electron chi connectivity index (χ1n) is 6.48. The van der Waals surface area contributed by atoms with Crippen LogP contribution in [0, 0.1) is 11.3 Å². The van der Waals surface area contributed by atoms with Gasteiger partial charge in [-0.1, -0.05) is 0 Å². The molecule has 6 heteroatoms. The average Bonchev–Trinajstić information content (AvgIpc) is 2.94. The topological polar surface area (TPSA) is 74.2 Å². The third-order valence-electron chi connectivity index (χ3n) is 3.16. The van der Waals surface area contributed by atoms with Crippen molar-refractivity contribution >= 4 is 28.6 Å². The van der Waals surface area contributed by atoms with Gasteiger partial charge in [0.05, 0.1) is 11.3 Å². The maximum atomic E-state index is 11.6. The normalized spacial score (nSPS) is 16.4. The second kappa shape index (κ2) is 5.46. The van der Waals surface area contributed by atoms with Crippen LogP contribution in [-0.2, 0) is 11.3 Å². The molecule has 0 saturated heterocycles. The lowest BCUT2D eigenvalue weighted by molar-refractivity contribution is -0.122. The molecule has 0 bridgehead atoms. The molecule has 0 spiro atoms. The zero-order valence-electron chi connectivity index (χ0n) is 11.3. The molecule has 3 rings (SSSR count). The Morgan fingerprint density at radius 1 is 1.48 bits per heavy atom. The SMILES string of the molecule is CC1Oc2ccc(NCc3cc(C#N)cs3)cc2NC1=O. The largest absolute Gasteiger partial charge is 0.479 e. The van der Waals surface area contributed by atoms with Crippen molar-refractivity contribution in [1.29, 1.82) is 5.26 Å². The molecule has 0 saturated carbocycles. The van der Waals surface area contributed by atoms with Crippen LogP contribution < -0.4 is 15.4 Å². The highest BCUT2D eigenvalue weighted by molar-refractivity contribution is 7.10. The number of carbonyl (C=O) groups excluding carboxylic acids is 1. The van der Waals surface area contributed by atoms with Crippen molar-refractivity contribution in [2.75, 3.05) is 10.6 Å². The summed E-state index contributed by atoms with van der Waals surface area (Å²) in [5.41, 5.74) is 2.24. The van der Waals surface area contributed by atoms with Crippen molar-refractivity contribution in [3.05, 3.63) is 40.1 Å². The smallest absolute Gasteiger partial charge is 0.265 e. The highest BCUT2D eigenvalue weighted by atomic mass is 32.1. The number of anilines is 2. The van der Waals surface area contributed by atoms with E-state index in [-0.39, 0.29) is 5.91 Å². The minimum Gasteiger partial charge on any atom is -0.479 e. The molecule has 5 nitrogen and oxygen atoms in total. The van der Waals surface area contributed by atoms with Gasteiger partial charge in [0.15, 0.2) is 6.10 Å². The number of nitrogens with one attached hydrogen (secondary N) is 2. The summed E-state index contributed by atoms with van der Waals surface area (Å²) in [6, 6.07) is 9.56. The molecule has 1 aromatic carbocycles. The van der Waals surface area contributed by atoms with E-state index < -0.39 is 6.10 Å². The van der Waals surface area contributed by atoms with Crippen molar-refractivity contribution in [1.82, 2.24) is 0 Å². The molecule has 0 fully saturated rings. The number of hydrogen-bond donors (Lipinski definition) is 2. The van der Waals surface area contributed by atoms with Gasteiger partial charge in [-0.05, 0) is 31.2 Å². The Labute approximate surface area is 126 Å². The molecule has 0 radical (unpaired) electrons. The first kappa shape index (κ1) is 13.5. The molecular formula is C15H13N3O2S. The fourth-order valence-electron chi connectivity index (χ4n) is 2.04. The van der Waals surface area contributed by atoms with Crippen LogP contribution >= 0.6 is 11.3 Å². The van der Waals surface area contributed by atoms with Crippen LogP contribution in [0.1, 0.15) is 17.4 Å². The zero-order valence-corrected chi connectivity index (χ0v) is 12.2. The van der Waals surface area contributed by atoms with Gasteiger partial charge in [-0.25, -0.2) is 0 Å². The molecule has 2 heterocycles. The van der Waals surface area contributed by atoms with Crippen molar-refractivity contribution in [3.63, 3.8) is 0 Å². The summed E-state index contributed by atoms with van der Waals surface area (Å²) in [7, 11) is 0. The predicted octanol–water partition coefficient (Wildman–Crippen LogP) is 2.95. The third kappa shape index (κ3) is 2.83. The molecule has 0 aliphatic carbocycles. The molecule has 2 N–H and O–H groups in total. The average molecular weight is 299 g/mol. The van der Waals surface area contributed by atoms with E-state index in [1.807, 2.05) is 29.6 Å². The number of ether oxygens (including phenoxy) is 1. The molecule has 1 amide bonds. The number of nitriles is 1. The maximum Gasteiger partial charge on any atom is 0.265 e. The monoisotopic (exact) mass is 299 g/mol.